The van der Waals surface area contributed by atoms with Crippen molar-refractivity contribution >= 4 is 68.9 Å². The van der Waals surface area contributed by atoms with Gasteiger partial charge in [-0.25, -0.2) is 19.2 Å². The molecule has 3 N–H and O–H groups in total. The zero-order valence-electron chi connectivity index (χ0n) is 48.1. The third-order valence-corrected chi connectivity index (χ3v) is 16.0. The molecule has 2 saturated heterocycles. The van der Waals surface area contributed by atoms with Crippen molar-refractivity contribution in [3.63, 3.8) is 0 Å². The summed E-state index contributed by atoms with van der Waals surface area (Å²) in [5.41, 5.74) is 7.20. The lowest BCUT2D eigenvalue weighted by molar-refractivity contribution is -0.152. The van der Waals surface area contributed by atoms with Gasteiger partial charge in [0.05, 0.1) is 45.4 Å². The van der Waals surface area contributed by atoms with Crippen LogP contribution in [0.5, 0.6) is 11.8 Å². The molecule has 82 heavy (non-hydrogen) atoms. The van der Waals surface area contributed by atoms with Crippen LogP contribution in [-0.2, 0) is 38.3 Å². The van der Waals surface area contributed by atoms with E-state index in [4.69, 9.17) is 41.5 Å². The molecule has 1 saturated carbocycles. The summed E-state index contributed by atoms with van der Waals surface area (Å²) in [5.74, 6) is -1.83. The number of unbranched alkanes of at least 4 members (excludes halogenated alkanes) is 2. The highest BCUT2D eigenvalue weighted by Gasteiger charge is 2.46. The highest BCUT2D eigenvalue weighted by Crippen LogP contribution is 2.48. The number of piperazine rings is 1. The number of rotatable bonds is 16. The molecule has 3 aromatic heterocycles. The highest BCUT2D eigenvalue weighted by atomic mass is 35.5. The molecule has 7 heterocycles. The van der Waals surface area contributed by atoms with Crippen LogP contribution in [0.3, 0.4) is 0 Å². The van der Waals surface area contributed by atoms with E-state index in [-0.39, 0.29) is 107 Å². The molecule has 2 aromatic carbocycles. The Morgan fingerprint density at radius 2 is 1.72 bits per heavy atom. The summed E-state index contributed by atoms with van der Waals surface area (Å²) < 4.78 is 78.4. The van der Waals surface area contributed by atoms with Crippen LogP contribution in [-0.4, -0.2) is 136 Å². The van der Waals surface area contributed by atoms with Crippen molar-refractivity contribution in [3.05, 3.63) is 98.5 Å². The third kappa shape index (κ3) is 12.8. The van der Waals surface area contributed by atoms with E-state index in [2.05, 4.69) is 35.3 Å². The zero-order valence-corrected chi connectivity index (χ0v) is 48.8. The van der Waals surface area contributed by atoms with E-state index in [1.807, 2.05) is 56.7 Å². The monoisotopic (exact) mass is 1160 g/mol. The van der Waals surface area contributed by atoms with Crippen molar-refractivity contribution in [2.45, 2.75) is 125 Å². The topological polar surface area (TPSA) is 190 Å². The fourth-order valence-electron chi connectivity index (χ4n) is 11.3. The van der Waals surface area contributed by atoms with E-state index in [0.29, 0.717) is 41.9 Å². The van der Waals surface area contributed by atoms with E-state index >= 15 is 4.39 Å². The Kier molecular flexibility index (Phi) is 19.2. The van der Waals surface area contributed by atoms with E-state index in [1.165, 1.54) is 32.3 Å². The number of carbonyl (C=O) groups is 3. The number of cyclic esters (lactones) is 1. The molecule has 440 valence electrons. The van der Waals surface area contributed by atoms with Crippen molar-refractivity contribution in [1.82, 2.24) is 34.6 Å². The number of aryl methyl sites for hydroxylation is 2. The number of halogens is 5. The van der Waals surface area contributed by atoms with Gasteiger partial charge in [0.2, 0.25) is 0 Å². The summed E-state index contributed by atoms with van der Waals surface area (Å²) in [6.45, 7) is 21.5. The number of likely N-dealkylation sites (tertiary alicyclic amines) is 1. The van der Waals surface area contributed by atoms with Crippen LogP contribution in [0.1, 0.15) is 114 Å². The number of nitrogen functional groups attached to an aromatic ring is 1. The summed E-state index contributed by atoms with van der Waals surface area (Å²) in [4.78, 5) is 64.2. The first kappa shape index (κ1) is 61.2. The van der Waals surface area contributed by atoms with Crippen LogP contribution in [0, 0.1) is 18.2 Å². The Morgan fingerprint density at radius 3 is 2.35 bits per heavy atom. The first-order chi connectivity index (χ1) is 39.2. The second-order valence-corrected chi connectivity index (χ2v) is 22.0. The quantitative estimate of drug-likeness (QED) is 0.0410. The second kappa shape index (κ2) is 25.7. The van der Waals surface area contributed by atoms with Crippen molar-refractivity contribution in [2.24, 2.45) is 5.41 Å². The number of hydrogen-bond donors (Lipinski definition) is 2. The number of nitrogens with two attached hydrogens (primary N) is 1. The van der Waals surface area contributed by atoms with Gasteiger partial charge in [-0.15, -0.1) is 0 Å². The van der Waals surface area contributed by atoms with Crippen LogP contribution in [0.15, 0.2) is 59.7 Å². The largest absolute Gasteiger partial charge is 0.489 e. The first-order valence-corrected chi connectivity index (χ1v) is 28.7. The van der Waals surface area contributed by atoms with E-state index in [9.17, 15) is 32.7 Å². The van der Waals surface area contributed by atoms with Gasteiger partial charge in [-0.3, -0.25) is 9.59 Å². The number of fused-ring (bicyclic) bond motifs is 3. The third-order valence-electron chi connectivity index (χ3n) is 15.7. The van der Waals surface area contributed by atoms with Gasteiger partial charge in [0.1, 0.15) is 42.4 Å². The number of hydrogen-bond acceptors (Lipinski definition) is 15. The number of anilines is 2. The van der Waals surface area contributed by atoms with Gasteiger partial charge in [0.15, 0.2) is 11.9 Å². The molecule has 16 nitrogen and oxygen atoms in total. The maximum absolute atomic E-state index is 17.2. The number of aldehydes is 1. The Bertz CT molecular complexity index is 3320. The Hall–Kier alpha value is -6.90. The summed E-state index contributed by atoms with van der Waals surface area (Å²) in [6, 6.07) is 7.28. The zero-order chi connectivity index (χ0) is 59.4. The van der Waals surface area contributed by atoms with E-state index in [0.717, 1.165) is 67.9 Å². The summed E-state index contributed by atoms with van der Waals surface area (Å²) in [7, 11) is 1.86. The number of aliphatic hydroxyl groups is 1. The molecular formula is C61H74ClF4N9O7. The molecule has 3 fully saturated rings. The van der Waals surface area contributed by atoms with Crippen molar-refractivity contribution in [2.75, 3.05) is 76.8 Å². The van der Waals surface area contributed by atoms with Gasteiger partial charge < -0.3 is 44.7 Å². The minimum Gasteiger partial charge on any atom is -0.489 e. The molecule has 1 amide bonds. The minimum absolute atomic E-state index is 0.124. The summed E-state index contributed by atoms with van der Waals surface area (Å²) in [6.07, 6.45) is 4.52. The number of carbonyl (C=O) groups excluding carboxylic acids is 3. The van der Waals surface area contributed by atoms with Crippen LogP contribution in [0.4, 0.5) is 29.2 Å². The van der Waals surface area contributed by atoms with Crippen LogP contribution in [0.25, 0.3) is 38.8 Å². The molecular weight excluding hydrogens is 1080 g/mol. The average molecular weight is 1160 g/mol. The van der Waals surface area contributed by atoms with Crippen LogP contribution < -0.4 is 20.1 Å². The first-order valence-electron chi connectivity index (χ1n) is 28.4. The molecule has 0 radical (unpaired) electrons. The molecule has 5 aliphatic rings. The Labute approximate surface area is 481 Å². The van der Waals surface area contributed by atoms with Crippen molar-refractivity contribution < 1.29 is 51.3 Å². The normalized spacial score (nSPS) is 19.2. The van der Waals surface area contributed by atoms with Gasteiger partial charge in [0.25, 0.3) is 5.91 Å². The highest BCUT2D eigenvalue weighted by molar-refractivity contribution is 6.34. The fraction of sp³-hybridized carbons (Fsp3) is 0.492. The molecule has 4 aliphatic heterocycles. The number of ether oxygens (including phenoxy) is 3. The van der Waals surface area contributed by atoms with Gasteiger partial charge >= 0.3 is 18.2 Å². The van der Waals surface area contributed by atoms with Gasteiger partial charge in [-0.2, -0.15) is 23.1 Å². The van der Waals surface area contributed by atoms with Crippen LogP contribution >= 0.6 is 11.6 Å². The molecule has 21 heteroatoms. The smallest absolute Gasteiger partial charge is 0.418 e. The van der Waals surface area contributed by atoms with E-state index in [1.54, 1.807) is 17.0 Å². The van der Waals surface area contributed by atoms with E-state index < -0.39 is 46.9 Å². The SMILES string of the molecule is C=C(COc1ccc2nc3c(c(CC)c2c1)CN(C)/C3=C\C1=C(C=O)COC(=O)C1O)C(=O)N1CCN(c2nc(OCC3(CN4CCCC4)CC3)nc3c(F)c(-c4nc(N)cc(C)c4C(F)(F)F)c(Cl)cc23)C(C)C1.CC.CCCCC. The maximum Gasteiger partial charge on any atom is 0.418 e. The lowest BCUT2D eigenvalue weighted by Crippen LogP contribution is -2.54. The number of pyridine rings is 2. The predicted molar refractivity (Wildman–Crippen MR) is 310 cm³/mol. The molecule has 5 aromatic rings. The predicted octanol–water partition coefficient (Wildman–Crippen LogP) is 10.9. The lowest BCUT2D eigenvalue weighted by atomic mass is 9.97. The molecule has 0 spiro atoms. The number of aliphatic hydroxyl groups excluding tert-OH is 1. The lowest BCUT2D eigenvalue weighted by Gasteiger charge is -2.41. The fourth-order valence-corrected chi connectivity index (χ4v) is 11.5. The number of alkyl halides is 3. The van der Waals surface area contributed by atoms with Gasteiger partial charge in [0, 0.05) is 84.3 Å². The standard InChI is InChI=1S/C54H56ClF4N9O7.C5H12.C2H6/c1-6-33-35-18-32(9-10-39(35)61-45-37(33)22-65(5)40(45)20-34-31(23-69)25-74-51(72)48(34)70)73-24-29(3)50(71)67-15-16-68(30(4)21-67)49-36-19-38(55)42(47-43(54(57,58)59)28(2)17-41(60)62-47)44(56)46(36)63-52(64-49)75-27-53(11-12-53)26-66-13-7-8-14-66;1-3-5-4-2;1-2/h9-10,17-20,23,30,48,70H,3,6-8,11-16,21-22,24-27H2,1-2,4-5H3,(H2,60,62);3-5H2,1-2H3;1-2H3/b40-20-;;. The molecule has 2 unspecified atom stereocenters. The number of benzene rings is 2. The number of esters is 1. The summed E-state index contributed by atoms with van der Waals surface area (Å²) >= 11 is 6.75. The van der Waals surface area contributed by atoms with Gasteiger partial charge in [-0.1, -0.05) is 72.1 Å². The minimum atomic E-state index is -4.92. The summed E-state index contributed by atoms with van der Waals surface area (Å²) in [5, 5.41) is 11.2. The Balaban J connectivity index is 0.00000119. The molecule has 2 atom stereocenters. The van der Waals surface area contributed by atoms with Crippen LogP contribution in [0.2, 0.25) is 5.02 Å². The maximum atomic E-state index is 17.2. The number of aromatic nitrogens is 4. The van der Waals surface area contributed by atoms with Crippen molar-refractivity contribution in [1.29, 1.82) is 0 Å². The number of nitrogens with zero attached hydrogens (tertiary/aromatic N) is 8. The van der Waals surface area contributed by atoms with Gasteiger partial charge in [-0.05, 0) is 107 Å². The molecule has 1 aliphatic carbocycles. The average Bonchev–Trinajstić information content (AvgIpc) is 3.96. The second-order valence-electron chi connectivity index (χ2n) is 21.6. The molecule has 10 rings (SSSR count). The Morgan fingerprint density at radius 1 is 1.00 bits per heavy atom. The molecule has 0 bridgehead atoms. The van der Waals surface area contributed by atoms with Crippen molar-refractivity contribution in [3.8, 4) is 23.0 Å². The number of amides is 1.